The Hall–Kier alpha value is -1.15. The molecule has 1 aromatic rings. The lowest BCUT2D eigenvalue weighted by Crippen LogP contribution is -2.62. The van der Waals surface area contributed by atoms with Crippen LogP contribution >= 0.6 is 11.6 Å². The predicted molar refractivity (Wildman–Crippen MR) is 157 cm³/mol. The van der Waals surface area contributed by atoms with Crippen molar-refractivity contribution in [2.45, 2.75) is 109 Å². The molecule has 6 nitrogen and oxygen atoms in total. The molecule has 0 aromatic heterocycles. The molecule has 0 heterocycles. The number of aliphatic hydroxyl groups is 2. The average molecular weight is 594 g/mol. The first-order valence-corrected chi connectivity index (χ1v) is 17.4. The van der Waals surface area contributed by atoms with Crippen LogP contribution in [0.5, 0.6) is 0 Å². The van der Waals surface area contributed by atoms with Crippen LogP contribution < -0.4 is 4.72 Å². The van der Waals surface area contributed by atoms with Gasteiger partial charge in [-0.2, -0.15) is 0 Å². The molecule has 11 atom stereocenters. The smallest absolute Gasteiger partial charge is 0.265 e. The van der Waals surface area contributed by atoms with Crippen LogP contribution in [0.4, 0.5) is 0 Å². The van der Waals surface area contributed by atoms with Crippen LogP contribution in [0.25, 0.3) is 0 Å². The number of nitrogens with one attached hydrogen (secondary N) is 1. The first-order valence-electron chi connectivity index (χ1n) is 15.5. The van der Waals surface area contributed by atoms with Crippen LogP contribution in [-0.4, -0.2) is 36.7 Å². The van der Waals surface area contributed by atoms with Crippen LogP contribution in [0.1, 0.15) is 91.9 Å². The van der Waals surface area contributed by atoms with Gasteiger partial charge in [-0.15, -0.1) is 0 Å². The zero-order valence-corrected chi connectivity index (χ0v) is 26.1. The molecular weight excluding hydrogens is 546 g/mol. The van der Waals surface area contributed by atoms with E-state index in [1.807, 2.05) is 0 Å². The third-order valence-corrected chi connectivity index (χ3v) is 14.2. The number of carbonyl (C=O) groups excluding carboxylic acids is 1. The molecule has 4 unspecified atom stereocenters. The van der Waals surface area contributed by atoms with Gasteiger partial charge in [-0.3, -0.25) is 4.79 Å². The molecule has 4 aliphatic carbocycles. The van der Waals surface area contributed by atoms with E-state index in [4.69, 9.17) is 11.6 Å². The number of benzene rings is 1. The Morgan fingerprint density at radius 3 is 2.42 bits per heavy atom. The summed E-state index contributed by atoms with van der Waals surface area (Å²) in [6.45, 7) is 9.31. The lowest BCUT2D eigenvalue weighted by atomic mass is 9.41. The molecule has 224 valence electrons. The first-order chi connectivity index (χ1) is 18.8. The van der Waals surface area contributed by atoms with Gasteiger partial charge in [0.05, 0.1) is 17.2 Å². The number of hydrogen-bond donors (Lipinski definition) is 3. The highest BCUT2D eigenvalue weighted by Gasteiger charge is 2.64. The number of hydrogen-bond acceptors (Lipinski definition) is 5. The summed E-state index contributed by atoms with van der Waals surface area (Å²) in [6.07, 6.45) is 8.37. The summed E-state index contributed by atoms with van der Waals surface area (Å²) in [5.74, 6) is 2.09. The number of fused-ring (bicyclic) bond motifs is 5. The van der Waals surface area contributed by atoms with E-state index >= 15 is 0 Å². The van der Waals surface area contributed by atoms with Crippen molar-refractivity contribution in [1.29, 1.82) is 0 Å². The molecule has 4 saturated carbocycles. The van der Waals surface area contributed by atoms with Crippen LogP contribution in [0.2, 0.25) is 5.02 Å². The maximum Gasteiger partial charge on any atom is 0.265 e. The Balaban J connectivity index is 1.27. The van der Waals surface area contributed by atoms with E-state index in [9.17, 15) is 23.4 Å². The zero-order valence-electron chi connectivity index (χ0n) is 24.5. The van der Waals surface area contributed by atoms with Crippen LogP contribution in [-0.2, 0) is 14.8 Å². The van der Waals surface area contributed by atoms with Crippen LogP contribution in [0, 0.1) is 52.3 Å². The molecule has 0 bridgehead atoms. The minimum absolute atomic E-state index is 0.0826. The second-order valence-electron chi connectivity index (χ2n) is 14.1. The van der Waals surface area contributed by atoms with Crippen molar-refractivity contribution in [1.82, 2.24) is 4.72 Å². The van der Waals surface area contributed by atoms with E-state index in [1.54, 1.807) is 12.1 Å². The molecule has 3 N–H and O–H groups in total. The van der Waals surface area contributed by atoms with Gasteiger partial charge < -0.3 is 10.2 Å². The predicted octanol–water partition coefficient (Wildman–Crippen LogP) is 6.19. The highest BCUT2D eigenvalue weighted by molar-refractivity contribution is 7.90. The molecule has 4 fully saturated rings. The van der Waals surface area contributed by atoms with Gasteiger partial charge in [0.25, 0.3) is 10.0 Å². The first kappa shape index (κ1) is 30.3. The topological polar surface area (TPSA) is 104 Å². The number of carbonyl (C=O) groups is 1. The van der Waals surface area contributed by atoms with Crippen LogP contribution in [0.15, 0.2) is 29.2 Å². The normalized spacial score (nSPS) is 41.9. The maximum atomic E-state index is 12.7. The van der Waals surface area contributed by atoms with Crippen molar-refractivity contribution in [2.24, 2.45) is 52.3 Å². The Morgan fingerprint density at radius 2 is 1.73 bits per heavy atom. The van der Waals surface area contributed by atoms with E-state index in [-0.39, 0.29) is 51.2 Å². The standard InChI is InChI=1S/C32H48ClNO5S/c1-5-21-25-18-20(35)14-16-32(25,4)24-15-17-31(3)22(11-12-23(31)29(24)30(21)37)19(2)10-13-28(36)34-40(38,39)27-9-7-6-8-26(27)33/h6-9,19-25,29-30,35,37H,5,10-18H2,1-4H3,(H,34,36)/t19-,20-,21-,22?,23+,24+,25?,29+,30-,31?,32?/m1/s1. The SMILES string of the molecule is CC[C@@H]1C2C[C@H](O)CCC2(C)[C@H]2CCC3(C)C([C@H](C)CCC(=O)NS(=O)(=O)c4ccccc4Cl)CC[C@H]3[C@@H]2[C@@H]1O. The Morgan fingerprint density at radius 1 is 1.05 bits per heavy atom. The lowest BCUT2D eigenvalue weighted by Gasteiger charge is -2.64. The summed E-state index contributed by atoms with van der Waals surface area (Å²) >= 11 is 6.06. The monoisotopic (exact) mass is 593 g/mol. The molecule has 0 spiro atoms. The summed E-state index contributed by atoms with van der Waals surface area (Å²) in [6, 6.07) is 6.14. The van der Waals surface area contributed by atoms with E-state index in [2.05, 4.69) is 32.4 Å². The zero-order chi connectivity index (χ0) is 29.0. The van der Waals surface area contributed by atoms with Gasteiger partial charge in [-0.1, -0.05) is 57.8 Å². The summed E-state index contributed by atoms with van der Waals surface area (Å²) in [5, 5.41) is 22.5. The quantitative estimate of drug-likeness (QED) is 0.350. The number of amides is 1. The molecular formula is C32H48ClNO5S. The summed E-state index contributed by atoms with van der Waals surface area (Å²) < 4.78 is 27.6. The minimum Gasteiger partial charge on any atom is -0.393 e. The maximum absolute atomic E-state index is 12.7. The Kier molecular flexibility index (Phi) is 8.46. The average Bonchev–Trinajstić information content (AvgIpc) is 3.25. The van der Waals surface area contributed by atoms with Gasteiger partial charge in [0.1, 0.15) is 4.90 Å². The number of aliphatic hydroxyl groups excluding tert-OH is 2. The fraction of sp³-hybridized carbons (Fsp3) is 0.781. The van der Waals surface area contributed by atoms with Gasteiger partial charge >= 0.3 is 0 Å². The molecule has 0 aliphatic heterocycles. The molecule has 5 rings (SSSR count). The fourth-order valence-corrected chi connectivity index (χ4v) is 11.9. The molecule has 0 radical (unpaired) electrons. The third-order valence-electron chi connectivity index (χ3n) is 12.4. The van der Waals surface area contributed by atoms with Crippen molar-refractivity contribution < 1.29 is 23.4 Å². The van der Waals surface area contributed by atoms with E-state index < -0.39 is 15.9 Å². The van der Waals surface area contributed by atoms with Crippen molar-refractivity contribution in [3.63, 3.8) is 0 Å². The Labute approximate surface area is 245 Å². The van der Waals surface area contributed by atoms with E-state index in [0.717, 1.165) is 51.4 Å². The fourth-order valence-electron chi connectivity index (χ4n) is 10.4. The van der Waals surface area contributed by atoms with Gasteiger partial charge in [0, 0.05) is 6.42 Å². The highest BCUT2D eigenvalue weighted by Crippen LogP contribution is 2.69. The van der Waals surface area contributed by atoms with Gasteiger partial charge in [-0.05, 0) is 116 Å². The summed E-state index contributed by atoms with van der Waals surface area (Å²) in [7, 11) is -4.01. The van der Waals surface area contributed by atoms with Crippen LogP contribution in [0.3, 0.4) is 0 Å². The van der Waals surface area contributed by atoms with Crippen molar-refractivity contribution in [3.8, 4) is 0 Å². The van der Waals surface area contributed by atoms with E-state index in [0.29, 0.717) is 36.0 Å². The number of sulfonamides is 1. The molecule has 8 heteroatoms. The largest absolute Gasteiger partial charge is 0.393 e. The van der Waals surface area contributed by atoms with Gasteiger partial charge in [-0.25, -0.2) is 13.1 Å². The van der Waals surface area contributed by atoms with Gasteiger partial charge in [0.2, 0.25) is 5.91 Å². The molecule has 1 aromatic carbocycles. The summed E-state index contributed by atoms with van der Waals surface area (Å²) in [4.78, 5) is 12.7. The second kappa shape index (κ2) is 11.2. The van der Waals surface area contributed by atoms with Gasteiger partial charge in [0.15, 0.2) is 0 Å². The molecule has 1 amide bonds. The highest BCUT2D eigenvalue weighted by atomic mass is 35.5. The Bertz CT molecular complexity index is 1210. The van der Waals surface area contributed by atoms with Crippen molar-refractivity contribution in [2.75, 3.05) is 0 Å². The molecule has 4 aliphatic rings. The molecule has 40 heavy (non-hydrogen) atoms. The minimum atomic E-state index is -4.01. The van der Waals surface area contributed by atoms with Crippen molar-refractivity contribution in [3.05, 3.63) is 29.3 Å². The number of halogens is 1. The van der Waals surface area contributed by atoms with E-state index in [1.165, 1.54) is 12.1 Å². The number of rotatable bonds is 7. The molecule has 0 saturated heterocycles. The second-order valence-corrected chi connectivity index (χ2v) is 16.2. The van der Waals surface area contributed by atoms with Crippen molar-refractivity contribution >= 4 is 27.5 Å². The lowest BCUT2D eigenvalue weighted by molar-refractivity contribution is -0.203. The summed E-state index contributed by atoms with van der Waals surface area (Å²) in [5.41, 5.74) is 0.289. The third kappa shape index (κ3) is 5.05.